The highest BCUT2D eigenvalue weighted by Gasteiger charge is 2.13. The van der Waals surface area contributed by atoms with E-state index in [2.05, 4.69) is 28.7 Å². The molecule has 0 unspecified atom stereocenters. The molecule has 96 valence electrons. The monoisotopic (exact) mass is 257 g/mol. The van der Waals surface area contributed by atoms with Crippen LogP contribution in [-0.2, 0) is 0 Å². The van der Waals surface area contributed by atoms with Crippen LogP contribution < -0.4 is 9.64 Å². The molecule has 0 saturated heterocycles. The molecule has 0 aliphatic carbocycles. The molecule has 0 N–H and O–H groups in total. The first-order valence-corrected chi connectivity index (χ1v) is 6.51. The Labute approximate surface area is 108 Å². The van der Waals surface area contributed by atoms with Gasteiger partial charge in [-0.25, -0.2) is 4.98 Å². The Hall–Kier alpha value is -1.03. The van der Waals surface area contributed by atoms with Crippen molar-refractivity contribution in [3.63, 3.8) is 0 Å². The van der Waals surface area contributed by atoms with Crippen molar-refractivity contribution in [1.82, 2.24) is 9.97 Å². The normalized spacial score (nSPS) is 10.6. The quantitative estimate of drug-likeness (QED) is 0.704. The van der Waals surface area contributed by atoms with Crippen molar-refractivity contribution in [2.45, 2.75) is 33.2 Å². The molecular weight excluding hydrogens is 238 g/mol. The summed E-state index contributed by atoms with van der Waals surface area (Å²) in [6.07, 6.45) is 2.64. The first-order valence-electron chi connectivity index (χ1n) is 5.97. The Balaban J connectivity index is 2.81. The van der Waals surface area contributed by atoms with E-state index >= 15 is 0 Å². The number of hydrogen-bond acceptors (Lipinski definition) is 4. The van der Waals surface area contributed by atoms with Crippen LogP contribution >= 0.6 is 11.6 Å². The van der Waals surface area contributed by atoms with E-state index in [9.17, 15) is 0 Å². The van der Waals surface area contributed by atoms with Gasteiger partial charge in [-0.15, -0.1) is 11.6 Å². The second kappa shape index (κ2) is 7.33. The summed E-state index contributed by atoms with van der Waals surface area (Å²) in [7, 11) is 0. The van der Waals surface area contributed by atoms with Crippen molar-refractivity contribution < 1.29 is 4.74 Å². The molecule has 0 aliphatic heterocycles. The van der Waals surface area contributed by atoms with E-state index < -0.39 is 0 Å². The summed E-state index contributed by atoms with van der Waals surface area (Å²) >= 11 is 5.73. The number of anilines is 1. The van der Waals surface area contributed by atoms with Crippen molar-refractivity contribution >= 4 is 17.5 Å². The minimum absolute atomic E-state index is 0.343. The lowest BCUT2D eigenvalue weighted by atomic mass is 10.3. The Kier molecular flexibility index (Phi) is 6.05. The Morgan fingerprint density at radius 2 is 2.24 bits per heavy atom. The van der Waals surface area contributed by atoms with Crippen LogP contribution in [0.1, 0.15) is 27.2 Å². The van der Waals surface area contributed by atoms with Gasteiger partial charge in [-0.1, -0.05) is 0 Å². The Morgan fingerprint density at radius 3 is 2.82 bits per heavy atom. The highest BCUT2D eigenvalue weighted by molar-refractivity contribution is 6.17. The number of rotatable bonds is 7. The summed E-state index contributed by atoms with van der Waals surface area (Å²) in [4.78, 5) is 10.8. The van der Waals surface area contributed by atoms with Crippen LogP contribution in [-0.4, -0.2) is 35.0 Å². The molecule has 0 fully saturated rings. The fraction of sp³-hybridized carbons (Fsp3) is 0.667. The van der Waals surface area contributed by atoms with Crippen LogP contribution in [0.25, 0.3) is 0 Å². The van der Waals surface area contributed by atoms with E-state index in [4.69, 9.17) is 16.3 Å². The number of halogens is 1. The smallest absolute Gasteiger partial charge is 0.228 e. The van der Waals surface area contributed by atoms with Gasteiger partial charge in [-0.05, 0) is 27.2 Å². The van der Waals surface area contributed by atoms with Gasteiger partial charge in [0.05, 0.1) is 6.61 Å². The molecule has 0 aliphatic rings. The van der Waals surface area contributed by atoms with Gasteiger partial charge in [0, 0.05) is 30.7 Å². The molecule has 1 aromatic heterocycles. The van der Waals surface area contributed by atoms with E-state index in [1.54, 1.807) is 12.3 Å². The molecule has 0 spiro atoms. The van der Waals surface area contributed by atoms with Gasteiger partial charge in [-0.3, -0.25) is 0 Å². The van der Waals surface area contributed by atoms with Crippen molar-refractivity contribution in [2.24, 2.45) is 0 Å². The number of hydrogen-bond donors (Lipinski definition) is 0. The van der Waals surface area contributed by atoms with Gasteiger partial charge >= 0.3 is 0 Å². The zero-order valence-electron chi connectivity index (χ0n) is 10.7. The van der Waals surface area contributed by atoms with Crippen LogP contribution in [0.2, 0.25) is 0 Å². The van der Waals surface area contributed by atoms with E-state index in [0.29, 0.717) is 30.4 Å². The third kappa shape index (κ3) is 4.38. The van der Waals surface area contributed by atoms with Crippen molar-refractivity contribution in [3.05, 3.63) is 12.3 Å². The predicted molar refractivity (Wildman–Crippen MR) is 71.0 cm³/mol. The molecular formula is C12H20ClN3O. The molecule has 0 atom stereocenters. The van der Waals surface area contributed by atoms with Gasteiger partial charge in [0.2, 0.25) is 11.8 Å². The summed E-state index contributed by atoms with van der Waals surface area (Å²) in [6, 6.07) is 2.11. The third-order valence-electron chi connectivity index (χ3n) is 2.32. The topological polar surface area (TPSA) is 38.2 Å². The van der Waals surface area contributed by atoms with Crippen molar-refractivity contribution in [2.75, 3.05) is 23.9 Å². The maximum atomic E-state index is 5.73. The third-order valence-corrected chi connectivity index (χ3v) is 2.59. The van der Waals surface area contributed by atoms with Gasteiger partial charge in [0.15, 0.2) is 0 Å². The molecule has 0 bridgehead atoms. The number of alkyl halides is 1. The number of ether oxygens (including phenoxy) is 1. The number of aromatic nitrogens is 2. The summed E-state index contributed by atoms with van der Waals surface area (Å²) in [5, 5.41) is 0. The van der Waals surface area contributed by atoms with E-state index in [1.807, 2.05) is 6.92 Å². The van der Waals surface area contributed by atoms with E-state index in [-0.39, 0.29) is 0 Å². The first kappa shape index (κ1) is 14.0. The van der Waals surface area contributed by atoms with Crippen LogP contribution in [0.4, 0.5) is 5.95 Å². The minimum Gasteiger partial charge on any atom is -0.478 e. The molecule has 0 radical (unpaired) electrons. The highest BCUT2D eigenvalue weighted by Crippen LogP contribution is 2.15. The van der Waals surface area contributed by atoms with Gasteiger partial charge in [0.25, 0.3) is 0 Å². The van der Waals surface area contributed by atoms with Crippen LogP contribution in [0.3, 0.4) is 0 Å². The number of nitrogens with zero attached hydrogens (tertiary/aromatic N) is 3. The Morgan fingerprint density at radius 1 is 1.47 bits per heavy atom. The van der Waals surface area contributed by atoms with Crippen LogP contribution in [0, 0.1) is 0 Å². The highest BCUT2D eigenvalue weighted by atomic mass is 35.5. The first-order chi connectivity index (χ1) is 8.19. The van der Waals surface area contributed by atoms with Crippen molar-refractivity contribution in [1.29, 1.82) is 0 Å². The van der Waals surface area contributed by atoms with Gasteiger partial charge < -0.3 is 9.64 Å². The van der Waals surface area contributed by atoms with Gasteiger partial charge in [0.1, 0.15) is 0 Å². The minimum atomic E-state index is 0.343. The van der Waals surface area contributed by atoms with Crippen LogP contribution in [0.15, 0.2) is 12.3 Å². The van der Waals surface area contributed by atoms with Crippen molar-refractivity contribution in [3.8, 4) is 5.88 Å². The fourth-order valence-electron chi connectivity index (χ4n) is 1.52. The molecule has 1 aromatic rings. The summed E-state index contributed by atoms with van der Waals surface area (Å²) < 4.78 is 5.38. The summed E-state index contributed by atoms with van der Waals surface area (Å²) in [6.45, 7) is 7.64. The van der Waals surface area contributed by atoms with E-state index in [0.717, 1.165) is 13.0 Å². The van der Waals surface area contributed by atoms with Crippen LogP contribution in [0.5, 0.6) is 5.88 Å². The molecule has 17 heavy (non-hydrogen) atoms. The average Bonchev–Trinajstić information content (AvgIpc) is 2.30. The SMILES string of the molecule is CCOc1ccnc(N(CCCCl)C(C)C)n1. The molecule has 0 aromatic carbocycles. The Bertz CT molecular complexity index is 333. The lowest BCUT2D eigenvalue weighted by Crippen LogP contribution is -2.33. The summed E-state index contributed by atoms with van der Waals surface area (Å²) in [5.74, 6) is 1.97. The molecule has 4 nitrogen and oxygen atoms in total. The lowest BCUT2D eigenvalue weighted by molar-refractivity contribution is 0.326. The molecule has 1 rings (SSSR count). The zero-order valence-corrected chi connectivity index (χ0v) is 11.4. The zero-order chi connectivity index (χ0) is 12.7. The van der Waals surface area contributed by atoms with Gasteiger partial charge in [-0.2, -0.15) is 4.98 Å². The molecule has 5 heteroatoms. The molecule has 0 amide bonds. The lowest BCUT2D eigenvalue weighted by Gasteiger charge is -2.26. The molecule has 1 heterocycles. The average molecular weight is 258 g/mol. The maximum absolute atomic E-state index is 5.73. The second-order valence-electron chi connectivity index (χ2n) is 3.96. The summed E-state index contributed by atoms with van der Waals surface area (Å²) in [5.41, 5.74) is 0. The fourth-order valence-corrected chi connectivity index (χ4v) is 1.64. The second-order valence-corrected chi connectivity index (χ2v) is 4.34. The maximum Gasteiger partial charge on any atom is 0.228 e. The van der Waals surface area contributed by atoms with E-state index in [1.165, 1.54) is 0 Å². The molecule has 0 saturated carbocycles. The standard InChI is InChI=1S/C12H20ClN3O/c1-4-17-11-6-8-14-12(15-11)16(10(2)3)9-5-7-13/h6,8,10H,4-5,7,9H2,1-3H3. The predicted octanol–water partition coefficient (Wildman–Crippen LogP) is 2.72. The largest absolute Gasteiger partial charge is 0.478 e.